The Kier molecular flexibility index (Phi) is 6.47. The summed E-state index contributed by atoms with van der Waals surface area (Å²) in [7, 11) is 1.62. The molecule has 0 aliphatic carbocycles. The summed E-state index contributed by atoms with van der Waals surface area (Å²) in [6.45, 7) is 2.84. The zero-order valence-corrected chi connectivity index (χ0v) is 15.2. The van der Waals surface area contributed by atoms with E-state index in [4.69, 9.17) is 9.47 Å². The number of aliphatic hydroxyl groups is 1. The van der Waals surface area contributed by atoms with Gasteiger partial charge in [0.25, 0.3) is 0 Å². The number of likely N-dealkylation sites (tertiary alicyclic amines) is 1. The molecule has 0 bridgehead atoms. The Morgan fingerprint density at radius 1 is 1.15 bits per heavy atom. The Morgan fingerprint density at radius 3 is 2.81 bits per heavy atom. The van der Waals surface area contributed by atoms with Crippen molar-refractivity contribution < 1.29 is 19.0 Å². The quantitative estimate of drug-likeness (QED) is 0.853. The van der Waals surface area contributed by atoms with Crippen molar-refractivity contribution in [3.05, 3.63) is 59.4 Å². The summed E-state index contributed by atoms with van der Waals surface area (Å²) >= 11 is 0. The van der Waals surface area contributed by atoms with E-state index >= 15 is 0 Å². The number of nitrogens with zero attached hydrogens (tertiary/aromatic N) is 1. The first-order valence-electron chi connectivity index (χ1n) is 9.09. The summed E-state index contributed by atoms with van der Waals surface area (Å²) in [6, 6.07) is 12.3. The number of halogens is 1. The third-order valence-corrected chi connectivity index (χ3v) is 4.74. The third kappa shape index (κ3) is 4.96. The smallest absolute Gasteiger partial charge is 0.166 e. The van der Waals surface area contributed by atoms with Crippen LogP contribution in [0.3, 0.4) is 0 Å². The van der Waals surface area contributed by atoms with Crippen LogP contribution in [-0.2, 0) is 13.2 Å². The lowest BCUT2D eigenvalue weighted by Crippen LogP contribution is -2.25. The van der Waals surface area contributed by atoms with Crippen LogP contribution in [0.2, 0.25) is 0 Å². The Bertz CT molecular complexity index is 722. The molecule has 1 N–H and O–H groups in total. The molecular weight excluding hydrogens is 333 g/mol. The predicted octanol–water partition coefficient (Wildman–Crippen LogP) is 3.76. The normalized spacial score (nSPS) is 18.3. The van der Waals surface area contributed by atoms with Gasteiger partial charge in [0.2, 0.25) is 0 Å². The number of para-hydroxylation sites is 1. The van der Waals surface area contributed by atoms with E-state index in [9.17, 15) is 9.50 Å². The molecule has 0 saturated carbocycles. The van der Waals surface area contributed by atoms with Crippen molar-refractivity contribution >= 4 is 0 Å². The molecule has 1 aliphatic rings. The second-order valence-corrected chi connectivity index (χ2v) is 6.73. The first-order valence-corrected chi connectivity index (χ1v) is 9.09. The molecule has 0 radical (unpaired) electrons. The Balaban J connectivity index is 1.75. The van der Waals surface area contributed by atoms with Crippen LogP contribution in [0.1, 0.15) is 30.4 Å². The molecule has 0 aromatic heterocycles. The van der Waals surface area contributed by atoms with E-state index in [0.29, 0.717) is 11.5 Å². The van der Waals surface area contributed by atoms with Crippen LogP contribution in [0.25, 0.3) is 0 Å². The van der Waals surface area contributed by atoms with E-state index in [2.05, 4.69) is 4.90 Å². The number of hydrogen-bond donors (Lipinski definition) is 1. The number of benzene rings is 2. The monoisotopic (exact) mass is 359 g/mol. The Labute approximate surface area is 154 Å². The summed E-state index contributed by atoms with van der Waals surface area (Å²) in [5, 5.41) is 9.84. The average molecular weight is 359 g/mol. The maximum Gasteiger partial charge on any atom is 0.166 e. The summed E-state index contributed by atoms with van der Waals surface area (Å²) in [5.74, 6) is 1.10. The number of hydrogen-bond acceptors (Lipinski definition) is 4. The summed E-state index contributed by atoms with van der Waals surface area (Å²) in [6.07, 6.45) is 2.44. The number of rotatable bonds is 6. The largest absolute Gasteiger partial charge is 0.493 e. The van der Waals surface area contributed by atoms with Crippen molar-refractivity contribution in [1.29, 1.82) is 0 Å². The molecule has 26 heavy (non-hydrogen) atoms. The minimum atomic E-state index is -0.269. The van der Waals surface area contributed by atoms with Gasteiger partial charge in [0.15, 0.2) is 11.5 Å². The molecule has 2 aromatic rings. The van der Waals surface area contributed by atoms with Crippen molar-refractivity contribution in [3.8, 4) is 11.5 Å². The van der Waals surface area contributed by atoms with Gasteiger partial charge >= 0.3 is 0 Å². The summed E-state index contributed by atoms with van der Waals surface area (Å²) in [4.78, 5) is 2.33. The van der Waals surface area contributed by atoms with Crippen molar-refractivity contribution in [2.75, 3.05) is 20.2 Å². The van der Waals surface area contributed by atoms with E-state index < -0.39 is 0 Å². The maximum absolute atomic E-state index is 13.4. The van der Waals surface area contributed by atoms with Gasteiger partial charge in [-0.15, -0.1) is 0 Å². The van der Waals surface area contributed by atoms with Gasteiger partial charge in [-0.05, 0) is 49.6 Å². The molecular formula is C21H26FNO3. The van der Waals surface area contributed by atoms with Gasteiger partial charge in [0, 0.05) is 18.7 Å². The average Bonchev–Trinajstić information content (AvgIpc) is 2.85. The van der Waals surface area contributed by atoms with Gasteiger partial charge in [0.05, 0.1) is 13.2 Å². The molecule has 0 spiro atoms. The highest BCUT2D eigenvalue weighted by atomic mass is 19.1. The molecule has 3 rings (SSSR count). The summed E-state index contributed by atoms with van der Waals surface area (Å²) < 4.78 is 24.9. The van der Waals surface area contributed by atoms with Gasteiger partial charge in [-0.3, -0.25) is 4.90 Å². The van der Waals surface area contributed by atoms with Crippen molar-refractivity contribution in [3.63, 3.8) is 0 Å². The first-order chi connectivity index (χ1) is 12.7. The fraction of sp³-hybridized carbons (Fsp3) is 0.429. The van der Waals surface area contributed by atoms with E-state index in [0.717, 1.165) is 50.0 Å². The lowest BCUT2D eigenvalue weighted by Gasteiger charge is -2.22. The van der Waals surface area contributed by atoms with Crippen molar-refractivity contribution in [2.45, 2.75) is 38.5 Å². The number of methoxy groups -OCH3 is 1. The highest BCUT2D eigenvalue weighted by Crippen LogP contribution is 2.33. The Morgan fingerprint density at radius 2 is 2.00 bits per heavy atom. The van der Waals surface area contributed by atoms with Crippen LogP contribution in [0, 0.1) is 5.82 Å². The van der Waals surface area contributed by atoms with Crippen LogP contribution >= 0.6 is 0 Å². The standard InChI is InChI=1S/C21H26FNO3/c1-25-20-9-3-6-17(14-23-11-4-8-19(24)10-12-23)21(20)26-15-16-5-2-7-18(22)13-16/h2-3,5-7,9,13,19,24H,4,8,10-12,14-15H2,1H3. The molecule has 0 amide bonds. The molecule has 1 unspecified atom stereocenters. The molecule has 1 heterocycles. The van der Waals surface area contributed by atoms with Crippen molar-refractivity contribution in [2.24, 2.45) is 0 Å². The molecule has 4 nitrogen and oxygen atoms in total. The van der Waals surface area contributed by atoms with E-state index in [-0.39, 0.29) is 18.5 Å². The highest BCUT2D eigenvalue weighted by molar-refractivity contribution is 5.46. The van der Waals surface area contributed by atoms with Gasteiger partial charge < -0.3 is 14.6 Å². The minimum Gasteiger partial charge on any atom is -0.493 e. The first kappa shape index (κ1) is 18.7. The van der Waals surface area contributed by atoms with E-state index in [1.54, 1.807) is 13.2 Å². The van der Waals surface area contributed by atoms with Gasteiger partial charge in [-0.2, -0.15) is 0 Å². The van der Waals surface area contributed by atoms with Crippen LogP contribution in [0.15, 0.2) is 42.5 Å². The van der Waals surface area contributed by atoms with E-state index in [1.165, 1.54) is 12.1 Å². The molecule has 1 saturated heterocycles. The molecule has 1 fully saturated rings. The lowest BCUT2D eigenvalue weighted by molar-refractivity contribution is 0.154. The summed E-state index contributed by atoms with van der Waals surface area (Å²) in [5.41, 5.74) is 1.82. The number of ether oxygens (including phenoxy) is 2. The highest BCUT2D eigenvalue weighted by Gasteiger charge is 2.18. The van der Waals surface area contributed by atoms with E-state index in [1.807, 2.05) is 24.3 Å². The van der Waals surface area contributed by atoms with Crippen LogP contribution in [0.4, 0.5) is 4.39 Å². The second-order valence-electron chi connectivity index (χ2n) is 6.73. The fourth-order valence-corrected chi connectivity index (χ4v) is 3.33. The Hall–Kier alpha value is -2.11. The zero-order chi connectivity index (χ0) is 18.4. The second kappa shape index (κ2) is 9.01. The zero-order valence-electron chi connectivity index (χ0n) is 15.2. The predicted molar refractivity (Wildman–Crippen MR) is 98.9 cm³/mol. The van der Waals surface area contributed by atoms with Gasteiger partial charge in [0.1, 0.15) is 12.4 Å². The SMILES string of the molecule is COc1cccc(CN2CCCC(O)CC2)c1OCc1cccc(F)c1. The van der Waals surface area contributed by atoms with Crippen LogP contribution in [0.5, 0.6) is 11.5 Å². The van der Waals surface area contributed by atoms with Crippen LogP contribution in [-0.4, -0.2) is 36.3 Å². The molecule has 1 aliphatic heterocycles. The number of aliphatic hydroxyl groups excluding tert-OH is 1. The molecule has 1 atom stereocenters. The van der Waals surface area contributed by atoms with Crippen molar-refractivity contribution in [1.82, 2.24) is 4.90 Å². The lowest BCUT2D eigenvalue weighted by atomic mass is 10.1. The van der Waals surface area contributed by atoms with Crippen LogP contribution < -0.4 is 9.47 Å². The topological polar surface area (TPSA) is 41.9 Å². The molecule has 2 aromatic carbocycles. The fourth-order valence-electron chi connectivity index (χ4n) is 3.33. The molecule has 140 valence electrons. The minimum absolute atomic E-state index is 0.200. The van der Waals surface area contributed by atoms with Gasteiger partial charge in [-0.1, -0.05) is 24.3 Å². The molecule has 5 heteroatoms. The maximum atomic E-state index is 13.4. The third-order valence-electron chi connectivity index (χ3n) is 4.74. The van der Waals surface area contributed by atoms with Gasteiger partial charge in [-0.25, -0.2) is 4.39 Å².